The Morgan fingerprint density at radius 2 is 1.89 bits per heavy atom. The molecule has 1 aromatic carbocycles. The fraction of sp³-hybridized carbons (Fsp3) is 0.231. The molecule has 0 aliphatic rings. The summed E-state index contributed by atoms with van der Waals surface area (Å²) in [6.45, 7) is 0. The Morgan fingerprint density at radius 1 is 1.16 bits per heavy atom. The number of methoxy groups -OCH3 is 2. The highest BCUT2D eigenvalue weighted by atomic mass is 79.9. The van der Waals surface area contributed by atoms with E-state index >= 15 is 0 Å². The zero-order valence-electron chi connectivity index (χ0n) is 10.3. The van der Waals surface area contributed by atoms with Gasteiger partial charge in [-0.2, -0.15) is 0 Å². The summed E-state index contributed by atoms with van der Waals surface area (Å²) in [6, 6.07) is 6.92. The largest absolute Gasteiger partial charge is 0.497 e. The monoisotopic (exact) mass is 390 g/mol. The van der Waals surface area contributed by atoms with Crippen LogP contribution in [0.1, 0.15) is 17.4 Å². The molecule has 102 valence electrons. The molecule has 0 saturated carbocycles. The molecular formula is C13H12Br2O4. The lowest BCUT2D eigenvalue weighted by Gasteiger charge is -2.14. The minimum absolute atomic E-state index is 0.419. The lowest BCUT2D eigenvalue weighted by atomic mass is 10.1. The number of rotatable bonds is 4. The van der Waals surface area contributed by atoms with Crippen LogP contribution in [0.2, 0.25) is 0 Å². The summed E-state index contributed by atoms with van der Waals surface area (Å²) in [5.41, 5.74) is 0.608. The van der Waals surface area contributed by atoms with Crippen molar-refractivity contribution in [3.05, 3.63) is 44.7 Å². The molecule has 4 nitrogen and oxygen atoms in total. The SMILES string of the molecule is COc1ccc(C(O)c2cc(Br)c(Br)o2)c(OC)c1. The fourth-order valence-electron chi connectivity index (χ4n) is 1.70. The summed E-state index contributed by atoms with van der Waals surface area (Å²) < 4.78 is 17.1. The van der Waals surface area contributed by atoms with Crippen LogP contribution in [0.4, 0.5) is 0 Å². The lowest BCUT2D eigenvalue weighted by Crippen LogP contribution is -2.01. The highest BCUT2D eigenvalue weighted by Gasteiger charge is 2.20. The van der Waals surface area contributed by atoms with E-state index in [2.05, 4.69) is 31.9 Å². The first kappa shape index (κ1) is 14.4. The van der Waals surface area contributed by atoms with E-state index in [0.29, 0.717) is 27.5 Å². The molecule has 2 aromatic rings. The van der Waals surface area contributed by atoms with Crippen molar-refractivity contribution in [2.45, 2.75) is 6.10 Å². The normalized spacial score (nSPS) is 12.3. The standard InChI is InChI=1S/C13H12Br2O4/c1-17-7-3-4-8(10(5-7)18-2)12(16)11-6-9(14)13(15)19-11/h3-6,12,16H,1-2H3. The van der Waals surface area contributed by atoms with E-state index in [4.69, 9.17) is 13.9 Å². The summed E-state index contributed by atoms with van der Waals surface area (Å²) in [5.74, 6) is 1.62. The average Bonchev–Trinajstić information content (AvgIpc) is 2.77. The number of aliphatic hydroxyl groups is 1. The van der Waals surface area contributed by atoms with Gasteiger partial charge in [0.1, 0.15) is 23.4 Å². The van der Waals surface area contributed by atoms with Crippen molar-refractivity contribution in [3.8, 4) is 11.5 Å². The number of halogens is 2. The van der Waals surface area contributed by atoms with Gasteiger partial charge >= 0.3 is 0 Å². The average molecular weight is 392 g/mol. The van der Waals surface area contributed by atoms with E-state index in [0.717, 1.165) is 4.47 Å². The Hall–Kier alpha value is -0.980. The second-order valence-corrected chi connectivity index (χ2v) is 5.36. The quantitative estimate of drug-likeness (QED) is 0.858. The highest BCUT2D eigenvalue weighted by Crippen LogP contribution is 2.36. The van der Waals surface area contributed by atoms with Crippen LogP contribution in [0, 0.1) is 0 Å². The van der Waals surface area contributed by atoms with Crippen molar-refractivity contribution in [3.63, 3.8) is 0 Å². The van der Waals surface area contributed by atoms with Gasteiger partial charge in [-0.15, -0.1) is 0 Å². The second kappa shape index (κ2) is 5.98. The Balaban J connectivity index is 2.40. The molecular weight excluding hydrogens is 380 g/mol. The van der Waals surface area contributed by atoms with Crippen LogP contribution in [0.25, 0.3) is 0 Å². The minimum atomic E-state index is -0.913. The second-order valence-electron chi connectivity index (χ2n) is 3.78. The van der Waals surface area contributed by atoms with Crippen molar-refractivity contribution in [1.29, 1.82) is 0 Å². The summed E-state index contributed by atoms with van der Waals surface area (Å²) in [6.07, 6.45) is -0.913. The van der Waals surface area contributed by atoms with Crippen molar-refractivity contribution in [2.24, 2.45) is 0 Å². The van der Waals surface area contributed by atoms with Gasteiger partial charge in [-0.1, -0.05) is 0 Å². The van der Waals surface area contributed by atoms with Crippen molar-refractivity contribution < 1.29 is 19.0 Å². The smallest absolute Gasteiger partial charge is 0.183 e. The van der Waals surface area contributed by atoms with E-state index in [1.54, 1.807) is 38.5 Å². The first-order valence-corrected chi connectivity index (χ1v) is 7.00. The van der Waals surface area contributed by atoms with Crippen LogP contribution in [0.3, 0.4) is 0 Å². The third-order valence-corrected chi connectivity index (χ3v) is 4.38. The maximum atomic E-state index is 10.3. The molecule has 0 fully saturated rings. The van der Waals surface area contributed by atoms with Gasteiger partial charge in [-0.25, -0.2) is 0 Å². The molecule has 0 radical (unpaired) electrons. The molecule has 0 aliphatic carbocycles. The fourth-order valence-corrected chi connectivity index (χ4v) is 2.30. The van der Waals surface area contributed by atoms with Gasteiger partial charge in [0.2, 0.25) is 0 Å². The number of furan rings is 1. The minimum Gasteiger partial charge on any atom is -0.497 e. The van der Waals surface area contributed by atoms with Gasteiger partial charge in [-0.05, 0) is 50.1 Å². The Labute approximate surface area is 127 Å². The lowest BCUT2D eigenvalue weighted by molar-refractivity contribution is 0.183. The maximum Gasteiger partial charge on any atom is 0.183 e. The van der Waals surface area contributed by atoms with Crippen molar-refractivity contribution in [1.82, 2.24) is 0 Å². The number of aliphatic hydroxyl groups excluding tert-OH is 1. The van der Waals surface area contributed by atoms with Crippen LogP contribution in [-0.4, -0.2) is 19.3 Å². The first-order chi connectivity index (χ1) is 9.06. The third kappa shape index (κ3) is 2.96. The summed E-state index contributed by atoms with van der Waals surface area (Å²) in [4.78, 5) is 0. The van der Waals surface area contributed by atoms with E-state index in [9.17, 15) is 5.11 Å². The predicted molar refractivity (Wildman–Crippen MR) is 77.7 cm³/mol. The molecule has 1 atom stereocenters. The molecule has 6 heteroatoms. The molecule has 0 aliphatic heterocycles. The van der Waals surface area contributed by atoms with Gasteiger partial charge < -0.3 is 19.0 Å². The predicted octanol–water partition coefficient (Wildman–Crippen LogP) is 3.90. The number of hydrogen-bond donors (Lipinski definition) is 1. The van der Waals surface area contributed by atoms with Crippen molar-refractivity contribution in [2.75, 3.05) is 14.2 Å². The highest BCUT2D eigenvalue weighted by molar-refractivity contribution is 9.13. The van der Waals surface area contributed by atoms with Gasteiger partial charge in [0.15, 0.2) is 4.67 Å². The molecule has 0 bridgehead atoms. The molecule has 1 heterocycles. The number of benzene rings is 1. The summed E-state index contributed by atoms with van der Waals surface area (Å²) in [5, 5.41) is 10.3. The summed E-state index contributed by atoms with van der Waals surface area (Å²) in [7, 11) is 3.12. The van der Waals surface area contributed by atoms with Crippen LogP contribution < -0.4 is 9.47 Å². The van der Waals surface area contributed by atoms with E-state index in [-0.39, 0.29) is 0 Å². The van der Waals surface area contributed by atoms with E-state index < -0.39 is 6.10 Å². The van der Waals surface area contributed by atoms with Crippen LogP contribution in [0.15, 0.2) is 37.8 Å². The molecule has 1 N–H and O–H groups in total. The Kier molecular flexibility index (Phi) is 4.54. The van der Waals surface area contributed by atoms with Crippen LogP contribution in [0.5, 0.6) is 11.5 Å². The molecule has 1 aromatic heterocycles. The molecule has 1 unspecified atom stereocenters. The zero-order valence-corrected chi connectivity index (χ0v) is 13.5. The van der Waals surface area contributed by atoms with Crippen LogP contribution >= 0.6 is 31.9 Å². The molecule has 0 spiro atoms. The molecule has 19 heavy (non-hydrogen) atoms. The van der Waals surface area contributed by atoms with Gasteiger partial charge in [0.05, 0.1) is 18.7 Å². The van der Waals surface area contributed by atoms with Crippen molar-refractivity contribution >= 4 is 31.9 Å². The Morgan fingerprint density at radius 3 is 2.42 bits per heavy atom. The third-order valence-electron chi connectivity index (χ3n) is 2.67. The molecule has 2 rings (SSSR count). The van der Waals surface area contributed by atoms with Gasteiger partial charge in [0.25, 0.3) is 0 Å². The maximum absolute atomic E-state index is 10.3. The zero-order chi connectivity index (χ0) is 14.0. The summed E-state index contributed by atoms with van der Waals surface area (Å²) >= 11 is 6.55. The molecule has 0 amide bonds. The van der Waals surface area contributed by atoms with Gasteiger partial charge in [0, 0.05) is 11.6 Å². The topological polar surface area (TPSA) is 51.8 Å². The number of hydrogen-bond acceptors (Lipinski definition) is 4. The van der Waals surface area contributed by atoms with E-state index in [1.165, 1.54) is 0 Å². The molecule has 0 saturated heterocycles. The van der Waals surface area contributed by atoms with Gasteiger partial charge in [-0.3, -0.25) is 0 Å². The first-order valence-electron chi connectivity index (χ1n) is 5.41. The van der Waals surface area contributed by atoms with Crippen LogP contribution in [-0.2, 0) is 0 Å². The number of ether oxygens (including phenoxy) is 2. The Bertz CT molecular complexity index is 561. The van der Waals surface area contributed by atoms with E-state index in [1.807, 2.05) is 0 Å².